The van der Waals surface area contributed by atoms with Crippen molar-refractivity contribution in [2.75, 3.05) is 11.9 Å². The number of carbonyl (C=O) groups is 3. The molecule has 0 atom stereocenters. The van der Waals surface area contributed by atoms with Gasteiger partial charge in [-0.25, -0.2) is 0 Å². The number of nitrogens with zero attached hydrogens (tertiary/aromatic N) is 1. The molecule has 0 unspecified atom stereocenters. The van der Waals surface area contributed by atoms with E-state index >= 15 is 0 Å². The summed E-state index contributed by atoms with van der Waals surface area (Å²) < 4.78 is 6.42. The van der Waals surface area contributed by atoms with E-state index in [0.717, 1.165) is 44.1 Å². The molecular formula is C28H25BrN2O4S. The van der Waals surface area contributed by atoms with Crippen molar-refractivity contribution in [3.8, 4) is 5.75 Å². The standard InChI is InChI=1S/C28H25BrN2O4S/c1-17-5-4-6-21(11-17)15-31-27(33)25(36-28(31)34)14-20-7-9-22(10-8-20)35-16-26(32)30-24-13-19(3)18(2)12-23(24)29/h4-14H,15-16H2,1-3H3,(H,30,32)/b25-14+. The molecule has 0 radical (unpaired) electrons. The Morgan fingerprint density at radius 3 is 2.47 bits per heavy atom. The Morgan fingerprint density at radius 2 is 1.75 bits per heavy atom. The number of benzene rings is 3. The number of thioether (sulfide) groups is 1. The van der Waals surface area contributed by atoms with Gasteiger partial charge < -0.3 is 10.1 Å². The van der Waals surface area contributed by atoms with Gasteiger partial charge in [-0.2, -0.15) is 0 Å². The van der Waals surface area contributed by atoms with Crippen molar-refractivity contribution in [1.82, 2.24) is 4.90 Å². The number of amides is 3. The molecule has 36 heavy (non-hydrogen) atoms. The Kier molecular flexibility index (Phi) is 7.96. The fourth-order valence-electron chi connectivity index (χ4n) is 3.65. The van der Waals surface area contributed by atoms with E-state index in [0.29, 0.717) is 16.3 Å². The molecule has 0 aromatic heterocycles. The fraction of sp³-hybridized carbons (Fsp3) is 0.179. The Labute approximate surface area is 222 Å². The number of halogens is 1. The van der Waals surface area contributed by atoms with E-state index in [2.05, 4.69) is 21.2 Å². The van der Waals surface area contributed by atoms with Crippen molar-refractivity contribution >= 4 is 56.5 Å². The first-order valence-electron chi connectivity index (χ1n) is 11.3. The van der Waals surface area contributed by atoms with Crippen molar-refractivity contribution in [1.29, 1.82) is 0 Å². The molecule has 1 fully saturated rings. The van der Waals surface area contributed by atoms with Crippen LogP contribution in [0.5, 0.6) is 5.75 Å². The first-order chi connectivity index (χ1) is 17.2. The lowest BCUT2D eigenvalue weighted by Gasteiger charge is -2.12. The molecule has 6 nitrogen and oxygen atoms in total. The summed E-state index contributed by atoms with van der Waals surface area (Å²) in [5.41, 5.74) is 5.65. The Morgan fingerprint density at radius 1 is 1.03 bits per heavy atom. The van der Waals surface area contributed by atoms with Crippen LogP contribution in [-0.2, 0) is 16.1 Å². The van der Waals surface area contributed by atoms with Gasteiger partial charge in [0.1, 0.15) is 5.75 Å². The number of anilines is 1. The van der Waals surface area contributed by atoms with E-state index in [4.69, 9.17) is 4.74 Å². The van der Waals surface area contributed by atoms with Crippen LogP contribution in [0.25, 0.3) is 6.08 Å². The van der Waals surface area contributed by atoms with Crippen LogP contribution in [-0.4, -0.2) is 28.6 Å². The zero-order valence-corrected chi connectivity index (χ0v) is 22.5. The minimum atomic E-state index is -0.305. The highest BCUT2D eigenvalue weighted by atomic mass is 79.9. The third-order valence-electron chi connectivity index (χ3n) is 5.70. The Hall–Kier alpha value is -3.36. The summed E-state index contributed by atoms with van der Waals surface area (Å²) in [5.74, 6) is -0.0553. The van der Waals surface area contributed by atoms with Crippen LogP contribution in [0, 0.1) is 20.8 Å². The van der Waals surface area contributed by atoms with Crippen LogP contribution in [0.3, 0.4) is 0 Å². The summed E-state index contributed by atoms with van der Waals surface area (Å²) in [4.78, 5) is 39.2. The largest absolute Gasteiger partial charge is 0.484 e. The number of carbonyl (C=O) groups excluding carboxylic acids is 3. The maximum Gasteiger partial charge on any atom is 0.293 e. The highest BCUT2D eigenvalue weighted by Gasteiger charge is 2.34. The summed E-state index contributed by atoms with van der Waals surface area (Å²) in [6.45, 7) is 6.07. The molecule has 4 rings (SSSR count). The Bertz CT molecular complexity index is 1370. The van der Waals surface area contributed by atoms with E-state index < -0.39 is 0 Å². The monoisotopic (exact) mass is 564 g/mol. The number of ether oxygens (including phenoxy) is 1. The van der Waals surface area contributed by atoms with Gasteiger partial charge >= 0.3 is 0 Å². The van der Waals surface area contributed by atoms with Crippen molar-refractivity contribution in [3.05, 3.63) is 97.9 Å². The molecule has 1 aliphatic heterocycles. The van der Waals surface area contributed by atoms with Crippen LogP contribution < -0.4 is 10.1 Å². The molecule has 8 heteroatoms. The number of aryl methyl sites for hydroxylation is 3. The van der Waals surface area contributed by atoms with Crippen LogP contribution in [0.15, 0.2) is 70.0 Å². The third kappa shape index (κ3) is 6.25. The lowest BCUT2D eigenvalue weighted by molar-refractivity contribution is -0.123. The summed E-state index contributed by atoms with van der Waals surface area (Å²) in [6.07, 6.45) is 1.69. The maximum absolute atomic E-state index is 12.8. The topological polar surface area (TPSA) is 75.7 Å². The van der Waals surface area contributed by atoms with E-state index in [1.54, 1.807) is 30.3 Å². The molecule has 0 spiro atoms. The van der Waals surface area contributed by atoms with E-state index in [1.807, 2.05) is 57.2 Å². The van der Waals surface area contributed by atoms with Crippen molar-refractivity contribution in [2.45, 2.75) is 27.3 Å². The highest BCUT2D eigenvalue weighted by Crippen LogP contribution is 2.33. The van der Waals surface area contributed by atoms with E-state index in [9.17, 15) is 14.4 Å². The average Bonchev–Trinajstić information content (AvgIpc) is 3.09. The molecule has 1 N–H and O–H groups in total. The van der Waals surface area contributed by atoms with Gasteiger partial charge in [-0.05, 0) is 101 Å². The molecule has 1 saturated heterocycles. The molecule has 0 aliphatic carbocycles. The van der Waals surface area contributed by atoms with E-state index in [1.165, 1.54) is 4.90 Å². The van der Waals surface area contributed by atoms with Crippen LogP contribution in [0.1, 0.15) is 27.8 Å². The maximum atomic E-state index is 12.8. The van der Waals surface area contributed by atoms with Gasteiger partial charge in [-0.1, -0.05) is 42.0 Å². The molecule has 3 aromatic carbocycles. The summed E-state index contributed by atoms with van der Waals surface area (Å²) >= 11 is 4.40. The predicted octanol–water partition coefficient (Wildman–Crippen LogP) is 6.63. The van der Waals surface area contributed by atoms with Gasteiger partial charge in [0.05, 0.1) is 17.1 Å². The minimum Gasteiger partial charge on any atom is -0.484 e. The van der Waals surface area contributed by atoms with Crippen LogP contribution >= 0.6 is 27.7 Å². The first kappa shape index (κ1) is 25.7. The lowest BCUT2D eigenvalue weighted by Crippen LogP contribution is -2.27. The minimum absolute atomic E-state index is 0.142. The molecular weight excluding hydrogens is 540 g/mol. The zero-order valence-electron chi connectivity index (χ0n) is 20.1. The van der Waals surface area contributed by atoms with Gasteiger partial charge in [-0.15, -0.1) is 0 Å². The summed E-state index contributed by atoms with van der Waals surface area (Å²) in [5, 5.41) is 2.56. The second kappa shape index (κ2) is 11.1. The molecule has 3 amide bonds. The second-order valence-electron chi connectivity index (χ2n) is 8.58. The van der Waals surface area contributed by atoms with E-state index in [-0.39, 0.29) is 30.2 Å². The normalized spacial score (nSPS) is 14.4. The van der Waals surface area contributed by atoms with Crippen molar-refractivity contribution in [2.24, 2.45) is 0 Å². The van der Waals surface area contributed by atoms with Gasteiger partial charge in [0.2, 0.25) is 0 Å². The number of nitrogens with one attached hydrogen (secondary N) is 1. The third-order valence-corrected chi connectivity index (χ3v) is 7.27. The molecule has 1 aliphatic rings. The number of imide groups is 1. The smallest absolute Gasteiger partial charge is 0.293 e. The molecule has 0 bridgehead atoms. The van der Waals surface area contributed by atoms with Crippen molar-refractivity contribution in [3.63, 3.8) is 0 Å². The summed E-state index contributed by atoms with van der Waals surface area (Å²) in [6, 6.07) is 18.6. The SMILES string of the molecule is Cc1cccc(CN2C(=O)S/C(=C/c3ccc(OCC(=O)Nc4cc(C)c(C)cc4Br)cc3)C2=O)c1. The average molecular weight is 565 g/mol. The quantitative estimate of drug-likeness (QED) is 0.326. The van der Waals surface area contributed by atoms with Gasteiger partial charge in [0.15, 0.2) is 6.61 Å². The van der Waals surface area contributed by atoms with Crippen LogP contribution in [0.4, 0.5) is 10.5 Å². The van der Waals surface area contributed by atoms with Gasteiger partial charge in [0.25, 0.3) is 17.1 Å². The summed E-state index contributed by atoms with van der Waals surface area (Å²) in [7, 11) is 0. The van der Waals surface area contributed by atoms with Gasteiger partial charge in [0, 0.05) is 4.47 Å². The van der Waals surface area contributed by atoms with Gasteiger partial charge in [-0.3, -0.25) is 19.3 Å². The Balaban J connectivity index is 1.34. The molecule has 3 aromatic rings. The first-order valence-corrected chi connectivity index (χ1v) is 12.9. The number of hydrogen-bond acceptors (Lipinski definition) is 5. The zero-order chi connectivity index (χ0) is 25.8. The van der Waals surface area contributed by atoms with Crippen LogP contribution in [0.2, 0.25) is 0 Å². The predicted molar refractivity (Wildman–Crippen MR) is 147 cm³/mol. The molecule has 1 heterocycles. The second-order valence-corrected chi connectivity index (χ2v) is 10.4. The lowest BCUT2D eigenvalue weighted by atomic mass is 10.1. The fourth-order valence-corrected chi connectivity index (χ4v) is 5.05. The van der Waals surface area contributed by atoms with Crippen molar-refractivity contribution < 1.29 is 19.1 Å². The molecule has 0 saturated carbocycles. The molecule has 184 valence electrons. The number of rotatable bonds is 7. The highest BCUT2D eigenvalue weighted by molar-refractivity contribution is 9.10. The number of hydrogen-bond donors (Lipinski definition) is 1.